The van der Waals surface area contributed by atoms with Crippen LogP contribution in [-0.4, -0.2) is 5.78 Å². The number of hydrogen-bond acceptors (Lipinski definition) is 1. The molecule has 0 N–H and O–H groups in total. The Balaban J connectivity index is 2.31. The molecule has 98 valence electrons. The third kappa shape index (κ3) is 2.57. The van der Waals surface area contributed by atoms with Crippen LogP contribution >= 0.6 is 0 Å². The first-order valence-electron chi connectivity index (χ1n) is 6.10. The van der Waals surface area contributed by atoms with E-state index in [2.05, 4.69) is 0 Å². The molecule has 0 spiro atoms. The molecule has 2 rings (SSSR count). The van der Waals surface area contributed by atoms with Crippen LogP contribution in [0.4, 0.5) is 13.2 Å². The molecule has 0 aliphatic heterocycles. The Morgan fingerprint density at radius 3 is 2.50 bits per heavy atom. The van der Waals surface area contributed by atoms with E-state index in [4.69, 9.17) is 0 Å². The molecule has 1 aromatic carbocycles. The van der Waals surface area contributed by atoms with E-state index >= 15 is 0 Å². The number of hydrogen-bond donors (Lipinski definition) is 0. The van der Waals surface area contributed by atoms with E-state index in [0.29, 0.717) is 6.42 Å². The maximum atomic E-state index is 12.6. The van der Waals surface area contributed by atoms with Crippen molar-refractivity contribution in [3.05, 3.63) is 34.9 Å². The van der Waals surface area contributed by atoms with Gasteiger partial charge in [-0.1, -0.05) is 18.6 Å². The van der Waals surface area contributed by atoms with Crippen molar-refractivity contribution in [2.24, 2.45) is 0 Å². The van der Waals surface area contributed by atoms with Gasteiger partial charge in [-0.15, -0.1) is 0 Å². The van der Waals surface area contributed by atoms with Crippen LogP contribution in [0.3, 0.4) is 0 Å². The normalized spacial score (nSPS) is 21.1. The zero-order valence-electron chi connectivity index (χ0n) is 10.2. The number of Topliss-reactive ketones (excluding diaryl/α,β-unsaturated/α-hetero) is 1. The largest absolute Gasteiger partial charge is 0.416 e. The molecule has 0 heterocycles. The van der Waals surface area contributed by atoms with Gasteiger partial charge in [0.25, 0.3) is 0 Å². The Kier molecular flexibility index (Phi) is 3.46. The minimum Gasteiger partial charge on any atom is -0.299 e. The van der Waals surface area contributed by atoms with E-state index in [9.17, 15) is 18.0 Å². The number of carbonyl (C=O) groups is 1. The summed E-state index contributed by atoms with van der Waals surface area (Å²) in [5.41, 5.74) is 0.304. The standard InChI is InChI=1S/C14H15F3O/c1-9-8-10(6-7-12(9)14(15,16)17)11-4-2-3-5-13(11)18/h6-8,11H,2-5H2,1H3. The van der Waals surface area contributed by atoms with Crippen LogP contribution in [0, 0.1) is 6.92 Å². The highest BCUT2D eigenvalue weighted by atomic mass is 19.4. The minimum atomic E-state index is -4.32. The molecule has 1 nitrogen and oxygen atoms in total. The van der Waals surface area contributed by atoms with Crippen LogP contribution in [0.5, 0.6) is 0 Å². The summed E-state index contributed by atoms with van der Waals surface area (Å²) >= 11 is 0. The summed E-state index contributed by atoms with van der Waals surface area (Å²) in [4.78, 5) is 11.8. The molecule has 0 amide bonds. The SMILES string of the molecule is Cc1cc(C2CCCCC2=O)ccc1C(F)(F)F. The topological polar surface area (TPSA) is 17.1 Å². The number of rotatable bonds is 1. The first-order chi connectivity index (χ1) is 8.39. The number of benzene rings is 1. The molecule has 18 heavy (non-hydrogen) atoms. The van der Waals surface area contributed by atoms with Crippen LogP contribution in [0.15, 0.2) is 18.2 Å². The highest BCUT2D eigenvalue weighted by molar-refractivity contribution is 5.86. The predicted octanol–water partition coefficient (Wildman–Crippen LogP) is 4.24. The maximum Gasteiger partial charge on any atom is 0.416 e. The number of carbonyl (C=O) groups excluding carboxylic acids is 1. The third-order valence-electron chi connectivity index (χ3n) is 3.51. The number of aryl methyl sites for hydroxylation is 1. The minimum absolute atomic E-state index is 0.153. The van der Waals surface area contributed by atoms with E-state index in [-0.39, 0.29) is 17.3 Å². The second-order valence-electron chi connectivity index (χ2n) is 4.84. The Morgan fingerprint density at radius 1 is 1.22 bits per heavy atom. The fourth-order valence-corrected chi connectivity index (χ4v) is 2.56. The van der Waals surface area contributed by atoms with Gasteiger partial charge in [-0.25, -0.2) is 0 Å². The van der Waals surface area contributed by atoms with Crippen molar-refractivity contribution in [1.82, 2.24) is 0 Å². The zero-order valence-corrected chi connectivity index (χ0v) is 10.2. The summed E-state index contributed by atoms with van der Waals surface area (Å²) in [6.07, 6.45) is -1.15. The van der Waals surface area contributed by atoms with Gasteiger partial charge >= 0.3 is 6.18 Å². The number of halogens is 3. The molecule has 1 aliphatic carbocycles. The monoisotopic (exact) mass is 256 g/mol. The highest BCUT2D eigenvalue weighted by Crippen LogP contribution is 2.35. The molecule has 1 saturated carbocycles. The Morgan fingerprint density at radius 2 is 1.94 bits per heavy atom. The van der Waals surface area contributed by atoms with E-state index in [0.717, 1.165) is 30.9 Å². The smallest absolute Gasteiger partial charge is 0.299 e. The Bertz CT molecular complexity index is 463. The van der Waals surface area contributed by atoms with Gasteiger partial charge in [0, 0.05) is 12.3 Å². The first kappa shape index (κ1) is 13.1. The molecule has 1 atom stereocenters. The molecule has 1 aliphatic rings. The van der Waals surface area contributed by atoms with Crippen molar-refractivity contribution >= 4 is 5.78 Å². The van der Waals surface area contributed by atoms with Crippen molar-refractivity contribution in [1.29, 1.82) is 0 Å². The van der Waals surface area contributed by atoms with Crippen molar-refractivity contribution in [2.45, 2.75) is 44.7 Å². The van der Waals surface area contributed by atoms with Gasteiger partial charge in [0.05, 0.1) is 5.56 Å². The second kappa shape index (κ2) is 4.75. The van der Waals surface area contributed by atoms with Crippen LogP contribution in [0.2, 0.25) is 0 Å². The summed E-state index contributed by atoms with van der Waals surface area (Å²) in [6, 6.07) is 4.05. The molecule has 4 heteroatoms. The van der Waals surface area contributed by atoms with Crippen molar-refractivity contribution in [3.8, 4) is 0 Å². The summed E-state index contributed by atoms with van der Waals surface area (Å²) in [7, 11) is 0. The number of ketones is 1. The molecule has 0 aromatic heterocycles. The molecule has 0 bridgehead atoms. The average Bonchev–Trinajstić information content (AvgIpc) is 2.27. The van der Waals surface area contributed by atoms with Gasteiger partial charge in [-0.2, -0.15) is 13.2 Å². The highest BCUT2D eigenvalue weighted by Gasteiger charge is 2.33. The first-order valence-corrected chi connectivity index (χ1v) is 6.10. The zero-order chi connectivity index (χ0) is 13.3. The van der Waals surface area contributed by atoms with Gasteiger partial charge < -0.3 is 0 Å². The number of alkyl halides is 3. The van der Waals surface area contributed by atoms with Crippen LogP contribution in [-0.2, 0) is 11.0 Å². The lowest BCUT2D eigenvalue weighted by molar-refractivity contribution is -0.138. The van der Waals surface area contributed by atoms with E-state index in [1.165, 1.54) is 19.1 Å². The lowest BCUT2D eigenvalue weighted by Gasteiger charge is -2.22. The lowest BCUT2D eigenvalue weighted by Crippen LogP contribution is -2.17. The molecular weight excluding hydrogens is 241 g/mol. The van der Waals surface area contributed by atoms with E-state index in [1.54, 1.807) is 0 Å². The molecule has 1 fully saturated rings. The predicted molar refractivity (Wildman–Crippen MR) is 62.4 cm³/mol. The molecule has 0 radical (unpaired) electrons. The Labute approximate surface area is 104 Å². The fraction of sp³-hybridized carbons (Fsp3) is 0.500. The van der Waals surface area contributed by atoms with Gasteiger partial charge in [0.15, 0.2) is 0 Å². The fourth-order valence-electron chi connectivity index (χ4n) is 2.56. The summed E-state index contributed by atoms with van der Waals surface area (Å²) in [5, 5.41) is 0. The average molecular weight is 256 g/mol. The van der Waals surface area contributed by atoms with Crippen LogP contribution in [0.1, 0.15) is 48.3 Å². The van der Waals surface area contributed by atoms with E-state index < -0.39 is 11.7 Å². The van der Waals surface area contributed by atoms with Gasteiger partial charge in [-0.3, -0.25) is 4.79 Å². The maximum absolute atomic E-state index is 12.6. The molecule has 1 unspecified atom stereocenters. The van der Waals surface area contributed by atoms with Crippen LogP contribution < -0.4 is 0 Å². The molecule has 0 saturated heterocycles. The van der Waals surface area contributed by atoms with Crippen molar-refractivity contribution < 1.29 is 18.0 Å². The van der Waals surface area contributed by atoms with Crippen molar-refractivity contribution in [3.63, 3.8) is 0 Å². The Hall–Kier alpha value is -1.32. The van der Waals surface area contributed by atoms with Crippen molar-refractivity contribution in [2.75, 3.05) is 0 Å². The van der Waals surface area contributed by atoms with E-state index in [1.807, 2.05) is 0 Å². The lowest BCUT2D eigenvalue weighted by atomic mass is 9.82. The second-order valence-corrected chi connectivity index (χ2v) is 4.84. The molecular formula is C14H15F3O. The summed E-state index contributed by atoms with van der Waals surface area (Å²) in [5.74, 6) is -0.0554. The van der Waals surface area contributed by atoms with Gasteiger partial charge in [-0.05, 0) is 37.0 Å². The van der Waals surface area contributed by atoms with Gasteiger partial charge in [0.1, 0.15) is 5.78 Å². The van der Waals surface area contributed by atoms with Crippen LogP contribution in [0.25, 0.3) is 0 Å². The third-order valence-corrected chi connectivity index (χ3v) is 3.51. The summed E-state index contributed by atoms with van der Waals surface area (Å²) in [6.45, 7) is 1.44. The van der Waals surface area contributed by atoms with Gasteiger partial charge in [0.2, 0.25) is 0 Å². The quantitative estimate of drug-likeness (QED) is 0.734. The summed E-state index contributed by atoms with van der Waals surface area (Å²) < 4.78 is 37.9. The molecule has 1 aromatic rings.